The van der Waals surface area contributed by atoms with Gasteiger partial charge in [0.05, 0.1) is 16.3 Å². The van der Waals surface area contributed by atoms with Crippen molar-refractivity contribution < 1.29 is 18.3 Å². The largest absolute Gasteiger partial charge is 0.478 e. The van der Waals surface area contributed by atoms with Crippen molar-refractivity contribution in [2.45, 2.75) is 11.3 Å². The first-order valence-electron chi connectivity index (χ1n) is 5.91. The summed E-state index contributed by atoms with van der Waals surface area (Å²) >= 11 is 1.44. The summed E-state index contributed by atoms with van der Waals surface area (Å²) in [6.07, 6.45) is 2.13. The number of carbonyl (C=O) groups is 1. The Hall–Kier alpha value is -1.97. The van der Waals surface area contributed by atoms with Gasteiger partial charge in [-0.05, 0) is 18.2 Å². The number of carboxylic acids is 1. The second-order valence-corrected chi connectivity index (χ2v) is 6.85. The van der Waals surface area contributed by atoms with Crippen LogP contribution in [0.15, 0.2) is 34.7 Å². The molecule has 0 amide bonds. The number of nitrogens with two attached hydrogens (primary N) is 1. The summed E-state index contributed by atoms with van der Waals surface area (Å²) in [7, 11) is -3.78. The molecule has 0 fully saturated rings. The maximum Gasteiger partial charge on any atom is 0.335 e. The average molecular weight is 327 g/mol. The molecule has 0 atom stereocenters. The molecule has 0 aliphatic rings. The fourth-order valence-corrected chi connectivity index (χ4v) is 3.44. The molecule has 2 rings (SSSR count). The number of thiazole rings is 1. The van der Waals surface area contributed by atoms with Crippen LogP contribution in [0, 0.1) is 0 Å². The molecule has 1 heterocycles. The Bertz CT molecular complexity index is 742. The number of benzene rings is 1. The molecule has 0 bridgehead atoms. The SMILES string of the molecule is Nc1cc(C(=O)O)ccc1S(=O)(=O)NCCc1nccs1. The van der Waals surface area contributed by atoms with E-state index in [-0.39, 0.29) is 22.7 Å². The standard InChI is InChI=1S/C12H13N3O4S2/c13-9-7-8(12(16)17)1-2-10(9)21(18,19)15-4-3-11-14-5-6-20-11/h1-2,5-7,15H,3-4,13H2,(H,16,17). The Balaban J connectivity index is 2.10. The Morgan fingerprint density at radius 2 is 2.19 bits per heavy atom. The van der Waals surface area contributed by atoms with Crippen LogP contribution in [-0.4, -0.2) is 31.0 Å². The third kappa shape index (κ3) is 3.78. The van der Waals surface area contributed by atoms with Crippen molar-refractivity contribution in [1.29, 1.82) is 0 Å². The number of aromatic carboxylic acids is 1. The van der Waals surface area contributed by atoms with Gasteiger partial charge in [0, 0.05) is 24.5 Å². The maximum absolute atomic E-state index is 12.1. The Morgan fingerprint density at radius 3 is 2.76 bits per heavy atom. The first kappa shape index (κ1) is 15.4. The van der Waals surface area contributed by atoms with E-state index >= 15 is 0 Å². The second kappa shape index (κ2) is 6.20. The zero-order valence-corrected chi connectivity index (χ0v) is 12.4. The Labute approximate surface area is 125 Å². The second-order valence-electron chi connectivity index (χ2n) is 4.13. The van der Waals surface area contributed by atoms with Gasteiger partial charge in [0.25, 0.3) is 0 Å². The molecular weight excluding hydrogens is 314 g/mol. The minimum Gasteiger partial charge on any atom is -0.478 e. The fourth-order valence-electron chi connectivity index (χ4n) is 1.67. The quantitative estimate of drug-likeness (QED) is 0.679. The van der Waals surface area contributed by atoms with Crippen molar-refractivity contribution in [2.75, 3.05) is 12.3 Å². The van der Waals surface area contributed by atoms with E-state index < -0.39 is 16.0 Å². The third-order valence-corrected chi connectivity index (χ3v) is 5.04. The molecule has 0 aliphatic carbocycles. The van der Waals surface area contributed by atoms with Gasteiger partial charge in [-0.2, -0.15) is 0 Å². The molecule has 0 saturated heterocycles. The van der Waals surface area contributed by atoms with E-state index in [4.69, 9.17) is 10.8 Å². The van der Waals surface area contributed by atoms with Gasteiger partial charge in [-0.25, -0.2) is 22.9 Å². The molecule has 0 spiro atoms. The van der Waals surface area contributed by atoms with E-state index in [1.807, 2.05) is 5.38 Å². The number of nitrogen functional groups attached to an aromatic ring is 1. The number of nitrogens with zero attached hydrogens (tertiary/aromatic N) is 1. The maximum atomic E-state index is 12.1. The Kier molecular flexibility index (Phi) is 4.56. The van der Waals surface area contributed by atoms with E-state index in [0.29, 0.717) is 6.42 Å². The number of hydrogen-bond acceptors (Lipinski definition) is 6. The van der Waals surface area contributed by atoms with E-state index in [0.717, 1.165) is 11.1 Å². The lowest BCUT2D eigenvalue weighted by Crippen LogP contribution is -2.26. The highest BCUT2D eigenvalue weighted by molar-refractivity contribution is 7.89. The lowest BCUT2D eigenvalue weighted by atomic mass is 10.2. The molecule has 0 radical (unpaired) electrons. The highest BCUT2D eigenvalue weighted by atomic mass is 32.2. The minimum atomic E-state index is -3.78. The van der Waals surface area contributed by atoms with Crippen LogP contribution >= 0.6 is 11.3 Å². The predicted molar refractivity (Wildman–Crippen MR) is 78.8 cm³/mol. The normalized spacial score (nSPS) is 11.4. The van der Waals surface area contributed by atoms with E-state index in [1.165, 1.54) is 23.5 Å². The van der Waals surface area contributed by atoms with Gasteiger partial charge in [-0.3, -0.25) is 0 Å². The highest BCUT2D eigenvalue weighted by Gasteiger charge is 2.18. The predicted octanol–water partition coefficient (Wildman–Crippen LogP) is 0.944. The number of rotatable bonds is 6. The molecule has 1 aromatic heterocycles. The van der Waals surface area contributed by atoms with Gasteiger partial charge in [-0.1, -0.05) is 0 Å². The number of anilines is 1. The summed E-state index contributed by atoms with van der Waals surface area (Å²) < 4.78 is 26.6. The van der Waals surface area contributed by atoms with Crippen molar-refractivity contribution in [2.24, 2.45) is 0 Å². The van der Waals surface area contributed by atoms with Crippen LogP contribution in [0.2, 0.25) is 0 Å². The molecule has 0 saturated carbocycles. The van der Waals surface area contributed by atoms with Crippen LogP contribution in [0.4, 0.5) is 5.69 Å². The van der Waals surface area contributed by atoms with Gasteiger partial charge in [0.15, 0.2) is 0 Å². The van der Waals surface area contributed by atoms with Crippen molar-refractivity contribution in [1.82, 2.24) is 9.71 Å². The summed E-state index contributed by atoms with van der Waals surface area (Å²) in [6, 6.07) is 3.51. The first-order valence-corrected chi connectivity index (χ1v) is 8.27. The smallest absolute Gasteiger partial charge is 0.335 e. The first-order chi connectivity index (χ1) is 9.90. The molecule has 9 heteroatoms. The zero-order valence-electron chi connectivity index (χ0n) is 10.8. The van der Waals surface area contributed by atoms with Crippen molar-refractivity contribution in [3.63, 3.8) is 0 Å². The van der Waals surface area contributed by atoms with Crippen LogP contribution in [0.3, 0.4) is 0 Å². The topological polar surface area (TPSA) is 122 Å². The van der Waals surface area contributed by atoms with E-state index in [1.54, 1.807) is 6.20 Å². The van der Waals surface area contributed by atoms with Crippen LogP contribution in [0.1, 0.15) is 15.4 Å². The van der Waals surface area contributed by atoms with Crippen LogP contribution < -0.4 is 10.5 Å². The van der Waals surface area contributed by atoms with Gasteiger partial charge in [-0.15, -0.1) is 11.3 Å². The summed E-state index contributed by atoms with van der Waals surface area (Å²) in [6.45, 7) is 0.190. The molecule has 21 heavy (non-hydrogen) atoms. The summed E-state index contributed by atoms with van der Waals surface area (Å²) in [5, 5.41) is 11.5. The lowest BCUT2D eigenvalue weighted by Gasteiger charge is -2.09. The van der Waals surface area contributed by atoms with E-state index in [2.05, 4.69) is 9.71 Å². The number of carboxylic acid groups (broad SMARTS) is 1. The van der Waals surface area contributed by atoms with Crippen LogP contribution in [-0.2, 0) is 16.4 Å². The third-order valence-electron chi connectivity index (χ3n) is 2.66. The molecule has 4 N–H and O–H groups in total. The molecule has 112 valence electrons. The summed E-state index contributed by atoms with van der Waals surface area (Å²) in [4.78, 5) is 14.7. The average Bonchev–Trinajstić information content (AvgIpc) is 2.91. The number of nitrogens with one attached hydrogen (secondary N) is 1. The molecule has 0 unspecified atom stereocenters. The van der Waals surface area contributed by atoms with Crippen molar-refractivity contribution in [3.8, 4) is 0 Å². The fraction of sp³-hybridized carbons (Fsp3) is 0.167. The van der Waals surface area contributed by atoms with Crippen molar-refractivity contribution >= 4 is 33.0 Å². The molecule has 0 aliphatic heterocycles. The minimum absolute atomic E-state index is 0.0609. The van der Waals surface area contributed by atoms with Gasteiger partial charge >= 0.3 is 5.97 Å². The molecule has 2 aromatic rings. The Morgan fingerprint density at radius 1 is 1.43 bits per heavy atom. The number of hydrogen-bond donors (Lipinski definition) is 3. The summed E-state index contributed by atoms with van der Waals surface area (Å²) in [5.74, 6) is -1.16. The van der Waals surface area contributed by atoms with Gasteiger partial charge in [0.1, 0.15) is 4.90 Å². The number of aromatic nitrogens is 1. The molecule has 1 aromatic carbocycles. The van der Waals surface area contributed by atoms with Crippen molar-refractivity contribution in [3.05, 3.63) is 40.3 Å². The summed E-state index contributed by atoms with van der Waals surface area (Å²) in [5.41, 5.74) is 5.46. The molecule has 7 nitrogen and oxygen atoms in total. The lowest BCUT2D eigenvalue weighted by molar-refractivity contribution is 0.0697. The van der Waals surface area contributed by atoms with Gasteiger partial charge < -0.3 is 10.8 Å². The van der Waals surface area contributed by atoms with E-state index in [9.17, 15) is 13.2 Å². The number of sulfonamides is 1. The van der Waals surface area contributed by atoms with Gasteiger partial charge in [0.2, 0.25) is 10.0 Å². The zero-order chi connectivity index (χ0) is 15.5. The monoisotopic (exact) mass is 327 g/mol. The van der Waals surface area contributed by atoms with Crippen LogP contribution in [0.25, 0.3) is 0 Å². The highest BCUT2D eigenvalue weighted by Crippen LogP contribution is 2.19. The van der Waals surface area contributed by atoms with Crippen LogP contribution in [0.5, 0.6) is 0 Å². The molecular formula is C12H13N3O4S2.